The summed E-state index contributed by atoms with van der Waals surface area (Å²) in [5, 5.41) is 3.49. The lowest BCUT2D eigenvalue weighted by Crippen LogP contribution is -2.28. The first-order valence-corrected chi connectivity index (χ1v) is 10.5. The fraction of sp³-hybridized carbons (Fsp3) is 0.538. The van der Waals surface area contributed by atoms with Crippen LogP contribution in [-0.2, 0) is 4.43 Å². The van der Waals surface area contributed by atoms with E-state index in [0.29, 0.717) is 6.04 Å². The SMILES string of the molecule is CC(CCO[Si](C)(C)C)Nc1ccc(I)cc1. The zero-order chi connectivity index (χ0) is 12.9. The highest BCUT2D eigenvalue weighted by atomic mass is 127. The molecule has 0 bridgehead atoms. The molecule has 96 valence electrons. The molecule has 17 heavy (non-hydrogen) atoms. The predicted octanol–water partition coefficient (Wildman–Crippen LogP) is 4.33. The van der Waals surface area contributed by atoms with Crippen LogP contribution in [0.2, 0.25) is 19.6 Å². The standard InChI is InChI=1S/C13H22INOSi/c1-11(9-10-16-17(2,3)4)15-13-7-5-12(14)6-8-13/h5-8,11,15H,9-10H2,1-4H3. The van der Waals surface area contributed by atoms with Gasteiger partial charge < -0.3 is 9.74 Å². The monoisotopic (exact) mass is 363 g/mol. The minimum Gasteiger partial charge on any atom is -0.418 e. The van der Waals surface area contributed by atoms with Gasteiger partial charge in [0, 0.05) is 21.9 Å². The summed E-state index contributed by atoms with van der Waals surface area (Å²) < 4.78 is 7.12. The molecule has 1 rings (SSSR count). The summed E-state index contributed by atoms with van der Waals surface area (Å²) in [5.74, 6) is 0. The van der Waals surface area contributed by atoms with Gasteiger partial charge in [-0.15, -0.1) is 0 Å². The minimum atomic E-state index is -1.35. The molecule has 0 aliphatic heterocycles. The molecule has 0 aliphatic rings. The van der Waals surface area contributed by atoms with Crippen LogP contribution in [0, 0.1) is 3.57 Å². The maximum atomic E-state index is 5.85. The van der Waals surface area contributed by atoms with E-state index in [2.05, 4.69) is 78.7 Å². The molecule has 0 spiro atoms. The van der Waals surface area contributed by atoms with Crippen LogP contribution in [0.15, 0.2) is 24.3 Å². The van der Waals surface area contributed by atoms with E-state index in [1.165, 1.54) is 9.26 Å². The Labute approximate surface area is 119 Å². The molecule has 0 radical (unpaired) electrons. The van der Waals surface area contributed by atoms with Gasteiger partial charge in [-0.25, -0.2) is 0 Å². The van der Waals surface area contributed by atoms with Gasteiger partial charge in [0.2, 0.25) is 0 Å². The van der Waals surface area contributed by atoms with Crippen LogP contribution in [-0.4, -0.2) is 21.0 Å². The quantitative estimate of drug-likeness (QED) is 0.600. The average Bonchev–Trinajstić information content (AvgIpc) is 2.19. The van der Waals surface area contributed by atoms with Crippen molar-refractivity contribution in [2.24, 2.45) is 0 Å². The Kier molecular flexibility index (Phi) is 5.95. The molecule has 4 heteroatoms. The Balaban J connectivity index is 2.30. The Morgan fingerprint density at radius 1 is 1.24 bits per heavy atom. The van der Waals surface area contributed by atoms with Gasteiger partial charge >= 0.3 is 0 Å². The van der Waals surface area contributed by atoms with Crippen LogP contribution in [0.1, 0.15) is 13.3 Å². The van der Waals surface area contributed by atoms with E-state index in [1.54, 1.807) is 0 Å². The van der Waals surface area contributed by atoms with E-state index in [-0.39, 0.29) is 0 Å². The van der Waals surface area contributed by atoms with E-state index in [9.17, 15) is 0 Å². The van der Waals surface area contributed by atoms with Gasteiger partial charge in [0.1, 0.15) is 0 Å². The van der Waals surface area contributed by atoms with Crippen molar-refractivity contribution in [2.75, 3.05) is 11.9 Å². The van der Waals surface area contributed by atoms with Crippen molar-refractivity contribution in [3.05, 3.63) is 27.8 Å². The third-order valence-corrected chi connectivity index (χ3v) is 4.13. The summed E-state index contributed by atoms with van der Waals surface area (Å²) >= 11 is 2.32. The van der Waals surface area contributed by atoms with Crippen molar-refractivity contribution in [1.29, 1.82) is 0 Å². The minimum absolute atomic E-state index is 0.450. The second-order valence-electron chi connectivity index (χ2n) is 5.30. The molecule has 0 aromatic heterocycles. The first-order chi connectivity index (χ1) is 7.87. The van der Waals surface area contributed by atoms with Crippen LogP contribution in [0.3, 0.4) is 0 Å². The molecular formula is C13H22INOSi. The third-order valence-electron chi connectivity index (χ3n) is 2.34. The van der Waals surface area contributed by atoms with Crippen molar-refractivity contribution in [3.8, 4) is 0 Å². The highest BCUT2D eigenvalue weighted by molar-refractivity contribution is 14.1. The fourth-order valence-corrected chi connectivity index (χ4v) is 2.53. The molecule has 0 amide bonds. The Morgan fingerprint density at radius 3 is 2.35 bits per heavy atom. The molecule has 1 aromatic carbocycles. The molecule has 2 nitrogen and oxygen atoms in total. The predicted molar refractivity (Wildman–Crippen MR) is 86.2 cm³/mol. The van der Waals surface area contributed by atoms with Gasteiger partial charge in [-0.05, 0) is 79.8 Å². The van der Waals surface area contributed by atoms with Crippen LogP contribution >= 0.6 is 22.6 Å². The zero-order valence-electron chi connectivity index (χ0n) is 11.1. The van der Waals surface area contributed by atoms with Gasteiger partial charge in [0.15, 0.2) is 8.32 Å². The van der Waals surface area contributed by atoms with Gasteiger partial charge in [0.25, 0.3) is 0 Å². The van der Waals surface area contributed by atoms with Crippen LogP contribution in [0.25, 0.3) is 0 Å². The molecule has 0 saturated carbocycles. The van der Waals surface area contributed by atoms with Crippen LogP contribution in [0.4, 0.5) is 5.69 Å². The van der Waals surface area contributed by atoms with E-state index in [4.69, 9.17) is 4.43 Å². The number of rotatable bonds is 6. The number of nitrogens with one attached hydrogen (secondary N) is 1. The van der Waals surface area contributed by atoms with Gasteiger partial charge in [-0.3, -0.25) is 0 Å². The normalized spacial score (nSPS) is 13.5. The number of benzene rings is 1. The summed E-state index contributed by atoms with van der Waals surface area (Å²) in [6.07, 6.45) is 1.05. The van der Waals surface area contributed by atoms with Crippen LogP contribution < -0.4 is 5.32 Å². The summed E-state index contributed by atoms with van der Waals surface area (Å²) in [7, 11) is -1.35. The Hall–Kier alpha value is -0.0731. The Morgan fingerprint density at radius 2 is 1.82 bits per heavy atom. The molecule has 1 aromatic rings. The van der Waals surface area contributed by atoms with Crippen molar-refractivity contribution in [3.63, 3.8) is 0 Å². The van der Waals surface area contributed by atoms with Crippen molar-refractivity contribution in [2.45, 2.75) is 39.0 Å². The maximum Gasteiger partial charge on any atom is 0.183 e. The summed E-state index contributed by atoms with van der Waals surface area (Å²) in [6.45, 7) is 9.73. The first kappa shape index (κ1) is 15.0. The molecule has 1 atom stereocenters. The zero-order valence-corrected chi connectivity index (χ0v) is 14.2. The number of hydrogen-bond acceptors (Lipinski definition) is 2. The maximum absolute atomic E-state index is 5.85. The van der Waals surface area contributed by atoms with E-state index >= 15 is 0 Å². The fourth-order valence-electron chi connectivity index (χ4n) is 1.44. The van der Waals surface area contributed by atoms with Crippen molar-refractivity contribution in [1.82, 2.24) is 0 Å². The highest BCUT2D eigenvalue weighted by Gasteiger charge is 2.14. The molecule has 0 heterocycles. The topological polar surface area (TPSA) is 21.3 Å². The molecule has 1 unspecified atom stereocenters. The largest absolute Gasteiger partial charge is 0.418 e. The third kappa shape index (κ3) is 7.05. The average molecular weight is 363 g/mol. The van der Waals surface area contributed by atoms with E-state index < -0.39 is 8.32 Å². The van der Waals surface area contributed by atoms with Gasteiger partial charge in [-0.1, -0.05) is 0 Å². The van der Waals surface area contributed by atoms with Gasteiger partial charge in [0.05, 0.1) is 0 Å². The summed E-state index contributed by atoms with van der Waals surface area (Å²) in [5.41, 5.74) is 1.19. The van der Waals surface area contributed by atoms with Gasteiger partial charge in [-0.2, -0.15) is 0 Å². The molecule has 0 aliphatic carbocycles. The Bertz CT molecular complexity index is 334. The lowest BCUT2D eigenvalue weighted by atomic mass is 10.2. The van der Waals surface area contributed by atoms with E-state index in [1.807, 2.05) is 0 Å². The number of anilines is 1. The first-order valence-electron chi connectivity index (χ1n) is 6.03. The summed E-state index contributed by atoms with van der Waals surface area (Å²) in [4.78, 5) is 0. The lowest BCUT2D eigenvalue weighted by Gasteiger charge is -2.20. The molecule has 1 N–H and O–H groups in total. The van der Waals surface area contributed by atoms with Crippen LogP contribution in [0.5, 0.6) is 0 Å². The van der Waals surface area contributed by atoms with Crippen molar-refractivity contribution < 1.29 is 4.43 Å². The second-order valence-corrected chi connectivity index (χ2v) is 11.1. The summed E-state index contributed by atoms with van der Waals surface area (Å²) in [6, 6.07) is 8.93. The van der Waals surface area contributed by atoms with Crippen molar-refractivity contribution >= 4 is 36.6 Å². The van der Waals surface area contributed by atoms with E-state index in [0.717, 1.165) is 13.0 Å². The number of halogens is 1. The smallest absolute Gasteiger partial charge is 0.183 e. The molecule has 0 saturated heterocycles. The number of hydrogen-bond donors (Lipinski definition) is 1. The highest BCUT2D eigenvalue weighted by Crippen LogP contribution is 2.13. The molecular weight excluding hydrogens is 341 g/mol. The second kappa shape index (κ2) is 6.75. The molecule has 0 fully saturated rings. The lowest BCUT2D eigenvalue weighted by molar-refractivity contribution is 0.298.